The maximum Gasteiger partial charge on any atom is 0.267 e. The number of aromatic hydroxyl groups is 1. The predicted molar refractivity (Wildman–Crippen MR) is 104 cm³/mol. The van der Waals surface area contributed by atoms with Crippen molar-refractivity contribution in [3.8, 4) is 5.75 Å². The average molecular weight is 419 g/mol. The summed E-state index contributed by atoms with van der Waals surface area (Å²) in [5.41, 5.74) is -0.576. The number of sulfone groups is 1. The van der Waals surface area contributed by atoms with Gasteiger partial charge in [-0.2, -0.15) is 0 Å². The largest absolute Gasteiger partial charge is 0.505 e. The highest BCUT2D eigenvalue weighted by atomic mass is 32.2. The smallest absolute Gasteiger partial charge is 0.267 e. The molecule has 8 nitrogen and oxygen atoms in total. The number of halogens is 1. The van der Waals surface area contributed by atoms with Crippen LogP contribution in [-0.4, -0.2) is 35.2 Å². The van der Waals surface area contributed by atoms with Crippen molar-refractivity contribution in [1.29, 1.82) is 0 Å². The molecule has 0 aliphatic carbocycles. The fourth-order valence-electron chi connectivity index (χ4n) is 3.06. The van der Waals surface area contributed by atoms with Crippen molar-refractivity contribution >= 4 is 26.8 Å². The Balaban J connectivity index is 2.02. The molecule has 0 spiro atoms. The number of nitrogens with zero attached hydrogens (tertiary/aromatic N) is 2. The lowest BCUT2D eigenvalue weighted by molar-refractivity contribution is 0.0946. The molecule has 2 N–H and O–H groups in total. The van der Waals surface area contributed by atoms with E-state index in [1.54, 1.807) is 19.1 Å². The molecule has 0 atom stereocenters. The average Bonchev–Trinajstić information content (AvgIpc) is 2.67. The lowest BCUT2D eigenvalue weighted by Gasteiger charge is -2.13. The number of aryl methyl sites for hydroxylation is 1. The summed E-state index contributed by atoms with van der Waals surface area (Å²) in [5, 5.41) is 12.9. The summed E-state index contributed by atoms with van der Waals surface area (Å²) in [4.78, 5) is 29.2. The third-order valence-corrected chi connectivity index (χ3v) is 5.59. The Labute approximate surface area is 165 Å². The number of benzene rings is 1. The summed E-state index contributed by atoms with van der Waals surface area (Å²) in [6.45, 7) is 1.67. The maximum absolute atomic E-state index is 13.4. The molecule has 29 heavy (non-hydrogen) atoms. The molecule has 3 rings (SSSR count). The van der Waals surface area contributed by atoms with Crippen molar-refractivity contribution in [2.24, 2.45) is 0 Å². The molecule has 0 bridgehead atoms. The Bertz CT molecular complexity index is 1280. The third kappa shape index (κ3) is 3.83. The molecule has 1 aromatic carbocycles. The number of hydrogen-bond donors (Lipinski definition) is 2. The van der Waals surface area contributed by atoms with Crippen LogP contribution in [0.25, 0.3) is 11.0 Å². The molecule has 1 amide bonds. The van der Waals surface area contributed by atoms with Gasteiger partial charge in [0.25, 0.3) is 11.5 Å². The summed E-state index contributed by atoms with van der Waals surface area (Å²) in [5.74, 6) is -2.19. The van der Waals surface area contributed by atoms with E-state index >= 15 is 0 Å². The van der Waals surface area contributed by atoms with E-state index in [-0.39, 0.29) is 29.1 Å². The Morgan fingerprint density at radius 1 is 1.31 bits per heavy atom. The zero-order valence-corrected chi connectivity index (χ0v) is 16.5. The summed E-state index contributed by atoms with van der Waals surface area (Å²) in [7, 11) is -3.74. The number of fused-ring (bicyclic) bond motifs is 1. The number of carbonyl (C=O) groups is 1. The van der Waals surface area contributed by atoms with Gasteiger partial charge in [0.1, 0.15) is 16.9 Å². The van der Waals surface area contributed by atoms with Crippen molar-refractivity contribution in [1.82, 2.24) is 14.9 Å². The molecule has 0 radical (unpaired) electrons. The van der Waals surface area contributed by atoms with Gasteiger partial charge in [0.15, 0.2) is 15.6 Å². The minimum absolute atomic E-state index is 0.0951. The van der Waals surface area contributed by atoms with Gasteiger partial charge in [0.05, 0.1) is 10.4 Å². The Morgan fingerprint density at radius 2 is 2.03 bits per heavy atom. The van der Waals surface area contributed by atoms with E-state index in [1.807, 2.05) is 0 Å². The second-order valence-corrected chi connectivity index (χ2v) is 8.34. The van der Waals surface area contributed by atoms with Gasteiger partial charge in [-0.1, -0.05) is 6.07 Å². The van der Waals surface area contributed by atoms with Gasteiger partial charge in [-0.05, 0) is 36.8 Å². The van der Waals surface area contributed by atoms with Gasteiger partial charge >= 0.3 is 0 Å². The first-order chi connectivity index (χ1) is 13.6. The maximum atomic E-state index is 13.4. The zero-order valence-electron chi connectivity index (χ0n) is 15.6. The van der Waals surface area contributed by atoms with E-state index in [0.717, 1.165) is 18.4 Å². The summed E-state index contributed by atoms with van der Waals surface area (Å²) in [6, 6.07) is 6.37. The van der Waals surface area contributed by atoms with Gasteiger partial charge < -0.3 is 15.0 Å². The van der Waals surface area contributed by atoms with E-state index in [9.17, 15) is 27.5 Å². The first-order valence-corrected chi connectivity index (χ1v) is 10.5. The molecule has 2 heterocycles. The summed E-state index contributed by atoms with van der Waals surface area (Å²) >= 11 is 0. The van der Waals surface area contributed by atoms with Crippen LogP contribution in [0.1, 0.15) is 22.8 Å². The van der Waals surface area contributed by atoms with E-state index in [1.165, 1.54) is 16.8 Å². The van der Waals surface area contributed by atoms with Crippen molar-refractivity contribution in [3.05, 3.63) is 63.8 Å². The van der Waals surface area contributed by atoms with Crippen LogP contribution in [0.3, 0.4) is 0 Å². The van der Waals surface area contributed by atoms with E-state index in [4.69, 9.17) is 0 Å². The van der Waals surface area contributed by atoms with E-state index in [0.29, 0.717) is 5.52 Å². The highest BCUT2D eigenvalue weighted by molar-refractivity contribution is 7.90. The first kappa shape index (κ1) is 20.5. The third-order valence-electron chi connectivity index (χ3n) is 4.41. The fraction of sp³-hybridized carbons (Fsp3) is 0.211. The quantitative estimate of drug-likeness (QED) is 0.648. The molecular weight excluding hydrogens is 401 g/mol. The number of pyridine rings is 2. The number of carbonyl (C=O) groups excluding carboxylic acids is 1. The standard InChI is InChI=1S/C19H18FN3O5S/c1-3-23-13-5-4-8-21-16(13)17(24)15(19(23)26)18(25)22-10-11-6-7-12(20)9-14(11)29(2,27)28/h4-9,24H,3,10H2,1-2H3,(H,22,25). The van der Waals surface area contributed by atoms with E-state index in [2.05, 4.69) is 10.3 Å². The highest BCUT2D eigenvalue weighted by Gasteiger charge is 2.23. The SMILES string of the molecule is CCn1c(=O)c(C(=O)NCc2ccc(F)cc2S(C)(=O)=O)c(O)c2ncccc21. The lowest BCUT2D eigenvalue weighted by atomic mass is 10.1. The Kier molecular flexibility index (Phi) is 5.38. The molecule has 0 fully saturated rings. The summed E-state index contributed by atoms with van der Waals surface area (Å²) in [6.07, 6.45) is 2.35. The highest BCUT2D eigenvalue weighted by Crippen LogP contribution is 2.24. The number of aromatic nitrogens is 2. The van der Waals surface area contributed by atoms with Crippen LogP contribution in [-0.2, 0) is 22.9 Å². The molecule has 0 saturated heterocycles. The van der Waals surface area contributed by atoms with Gasteiger partial charge in [0, 0.05) is 25.5 Å². The topological polar surface area (TPSA) is 118 Å². The predicted octanol–water partition coefficient (Wildman–Crippen LogP) is 1.59. The van der Waals surface area contributed by atoms with Gasteiger partial charge in [0.2, 0.25) is 0 Å². The van der Waals surface area contributed by atoms with Gasteiger partial charge in [-0.25, -0.2) is 12.8 Å². The van der Waals surface area contributed by atoms with Crippen LogP contribution in [0.5, 0.6) is 5.75 Å². The van der Waals surface area contributed by atoms with Crippen molar-refractivity contribution in [2.45, 2.75) is 24.9 Å². The molecule has 0 aliphatic heterocycles. The molecule has 2 aromatic heterocycles. The number of amides is 1. The molecule has 0 unspecified atom stereocenters. The molecule has 0 saturated carbocycles. The van der Waals surface area contributed by atoms with Crippen LogP contribution in [0, 0.1) is 5.82 Å². The van der Waals surface area contributed by atoms with Crippen molar-refractivity contribution in [2.75, 3.05) is 6.26 Å². The van der Waals surface area contributed by atoms with Crippen LogP contribution in [0.15, 0.2) is 46.2 Å². The first-order valence-electron chi connectivity index (χ1n) is 8.62. The molecule has 152 valence electrons. The molecule has 10 heteroatoms. The normalized spacial score (nSPS) is 11.6. The minimum atomic E-state index is -3.74. The van der Waals surface area contributed by atoms with Crippen LogP contribution < -0.4 is 10.9 Å². The second kappa shape index (κ2) is 7.63. The fourth-order valence-corrected chi connectivity index (χ4v) is 4.01. The monoisotopic (exact) mass is 419 g/mol. The second-order valence-electron chi connectivity index (χ2n) is 6.35. The van der Waals surface area contributed by atoms with Gasteiger partial charge in [-0.15, -0.1) is 0 Å². The lowest BCUT2D eigenvalue weighted by Crippen LogP contribution is -2.33. The van der Waals surface area contributed by atoms with Crippen molar-refractivity contribution in [3.63, 3.8) is 0 Å². The minimum Gasteiger partial charge on any atom is -0.505 e. The number of rotatable bonds is 5. The Hall–Kier alpha value is -3.27. The molecule has 0 aliphatic rings. The van der Waals surface area contributed by atoms with Gasteiger partial charge in [-0.3, -0.25) is 14.6 Å². The van der Waals surface area contributed by atoms with Crippen molar-refractivity contribution < 1.29 is 22.7 Å². The number of nitrogens with one attached hydrogen (secondary N) is 1. The number of hydrogen-bond acceptors (Lipinski definition) is 6. The molecule has 3 aromatic rings. The zero-order chi connectivity index (χ0) is 21.3. The van der Waals surface area contributed by atoms with Crippen LogP contribution >= 0.6 is 0 Å². The molecular formula is C19H18FN3O5S. The Morgan fingerprint density at radius 3 is 2.69 bits per heavy atom. The van der Waals surface area contributed by atoms with Crippen LogP contribution in [0.4, 0.5) is 4.39 Å². The summed E-state index contributed by atoms with van der Waals surface area (Å²) < 4.78 is 38.5. The van der Waals surface area contributed by atoms with Crippen LogP contribution in [0.2, 0.25) is 0 Å². The van der Waals surface area contributed by atoms with E-state index < -0.39 is 38.4 Å².